The highest BCUT2D eigenvalue weighted by atomic mass is 35.5. The maximum absolute atomic E-state index is 13.6. The first kappa shape index (κ1) is 23.7. The highest BCUT2D eigenvalue weighted by Gasteiger charge is 2.19. The van der Waals surface area contributed by atoms with Gasteiger partial charge in [-0.2, -0.15) is 0 Å². The lowest BCUT2D eigenvalue weighted by Gasteiger charge is -2.26. The Balaban J connectivity index is 1.32. The van der Waals surface area contributed by atoms with Crippen molar-refractivity contribution in [1.29, 1.82) is 0 Å². The third kappa shape index (κ3) is 5.09. The fraction of sp³-hybridized carbons (Fsp3) is 0.250. The van der Waals surface area contributed by atoms with E-state index < -0.39 is 0 Å². The molecule has 0 spiro atoms. The van der Waals surface area contributed by atoms with Crippen LogP contribution in [0.25, 0.3) is 21.9 Å². The number of morpholine rings is 1. The van der Waals surface area contributed by atoms with E-state index in [2.05, 4.69) is 19.4 Å². The molecule has 0 aliphatic carbocycles. The maximum Gasteiger partial charge on any atom is 0.184 e. The van der Waals surface area contributed by atoms with Crippen molar-refractivity contribution in [2.45, 2.75) is 13.1 Å². The van der Waals surface area contributed by atoms with Crippen LogP contribution >= 0.6 is 11.6 Å². The Kier molecular flexibility index (Phi) is 6.61. The fourth-order valence-corrected chi connectivity index (χ4v) is 4.93. The molecule has 5 aromatic rings. The Morgan fingerprint density at radius 3 is 2.73 bits per heavy atom. The molecule has 0 saturated carbocycles. The average Bonchev–Trinajstić information content (AvgIpc) is 3.49. The maximum atomic E-state index is 13.6. The Labute approximate surface area is 219 Å². The summed E-state index contributed by atoms with van der Waals surface area (Å²) in [6.07, 6.45) is 7.05. The van der Waals surface area contributed by atoms with Gasteiger partial charge >= 0.3 is 0 Å². The van der Waals surface area contributed by atoms with Gasteiger partial charge in [0.2, 0.25) is 0 Å². The van der Waals surface area contributed by atoms with Crippen LogP contribution in [0.5, 0.6) is 11.5 Å². The molecule has 8 nitrogen and oxygen atoms in total. The minimum Gasteiger partial charge on any atom is -0.456 e. The van der Waals surface area contributed by atoms with Crippen molar-refractivity contribution >= 4 is 39.3 Å². The smallest absolute Gasteiger partial charge is 0.184 e. The molecule has 6 rings (SSSR count). The van der Waals surface area contributed by atoms with E-state index in [-0.39, 0.29) is 12.3 Å². The summed E-state index contributed by atoms with van der Waals surface area (Å²) >= 11 is 6.10. The van der Waals surface area contributed by atoms with Gasteiger partial charge in [0.25, 0.3) is 0 Å². The van der Waals surface area contributed by atoms with Crippen LogP contribution in [0.2, 0.25) is 5.02 Å². The molecule has 4 heterocycles. The molecular weight excluding hydrogens is 490 g/mol. The molecule has 37 heavy (non-hydrogen) atoms. The van der Waals surface area contributed by atoms with Crippen molar-refractivity contribution in [2.24, 2.45) is 0 Å². The minimum absolute atomic E-state index is 0.0188. The van der Waals surface area contributed by atoms with Gasteiger partial charge in [0.05, 0.1) is 48.8 Å². The van der Waals surface area contributed by atoms with Crippen LogP contribution in [0.1, 0.15) is 10.4 Å². The zero-order valence-electron chi connectivity index (χ0n) is 20.2. The molecule has 9 heteroatoms. The second kappa shape index (κ2) is 10.3. The van der Waals surface area contributed by atoms with Crippen molar-refractivity contribution in [3.05, 3.63) is 84.0 Å². The van der Waals surface area contributed by atoms with Crippen LogP contribution < -0.4 is 4.74 Å². The van der Waals surface area contributed by atoms with Crippen molar-refractivity contribution in [3.8, 4) is 11.5 Å². The molecule has 0 amide bonds. The van der Waals surface area contributed by atoms with E-state index in [0.29, 0.717) is 22.1 Å². The number of nitrogens with zero attached hydrogens (tertiary/aromatic N) is 5. The molecule has 188 valence electrons. The van der Waals surface area contributed by atoms with Crippen molar-refractivity contribution < 1.29 is 14.3 Å². The number of fused-ring (bicyclic) bond motifs is 2. The Hall–Kier alpha value is -3.72. The third-order valence-electron chi connectivity index (χ3n) is 6.68. The van der Waals surface area contributed by atoms with E-state index in [0.717, 1.165) is 61.3 Å². The molecule has 3 aromatic heterocycles. The number of halogens is 1. The lowest BCUT2D eigenvalue weighted by molar-refractivity contribution is 0.0365. The summed E-state index contributed by atoms with van der Waals surface area (Å²) in [5, 5.41) is 1.52. The van der Waals surface area contributed by atoms with Crippen LogP contribution in [-0.2, 0) is 17.8 Å². The van der Waals surface area contributed by atoms with E-state index in [9.17, 15) is 4.79 Å². The van der Waals surface area contributed by atoms with E-state index >= 15 is 0 Å². The van der Waals surface area contributed by atoms with E-state index in [1.807, 2.05) is 53.2 Å². The highest BCUT2D eigenvalue weighted by Crippen LogP contribution is 2.30. The van der Waals surface area contributed by atoms with Gasteiger partial charge in [-0.1, -0.05) is 11.6 Å². The molecule has 0 bridgehead atoms. The quantitative estimate of drug-likeness (QED) is 0.269. The molecule has 0 unspecified atom stereocenters. The molecule has 1 saturated heterocycles. The second-order valence-corrected chi connectivity index (χ2v) is 9.53. The first-order valence-electron chi connectivity index (χ1n) is 12.3. The number of hydrogen-bond acceptors (Lipinski definition) is 6. The summed E-state index contributed by atoms with van der Waals surface area (Å²) in [7, 11) is 0. The topological polar surface area (TPSA) is 74.4 Å². The predicted octanol–water partition coefficient (Wildman–Crippen LogP) is 5.05. The summed E-state index contributed by atoms with van der Waals surface area (Å²) < 4.78 is 15.5. The van der Waals surface area contributed by atoms with Crippen LogP contribution in [-0.4, -0.2) is 62.6 Å². The number of ketones is 1. The van der Waals surface area contributed by atoms with Crippen LogP contribution in [0, 0.1) is 0 Å². The summed E-state index contributed by atoms with van der Waals surface area (Å²) in [5.41, 5.74) is 3.28. The molecule has 0 radical (unpaired) electrons. The number of aromatic nitrogens is 4. The van der Waals surface area contributed by atoms with Gasteiger partial charge in [-0.15, -0.1) is 0 Å². The molecule has 2 aromatic carbocycles. The molecule has 1 aliphatic heterocycles. The van der Waals surface area contributed by atoms with E-state index in [1.54, 1.807) is 24.8 Å². The van der Waals surface area contributed by atoms with Gasteiger partial charge in [0.15, 0.2) is 5.78 Å². The number of carbonyl (C=O) groups is 1. The first-order chi connectivity index (χ1) is 18.1. The van der Waals surface area contributed by atoms with Gasteiger partial charge in [0, 0.05) is 60.6 Å². The van der Waals surface area contributed by atoms with E-state index in [4.69, 9.17) is 21.1 Å². The molecule has 1 aliphatic rings. The van der Waals surface area contributed by atoms with Crippen molar-refractivity contribution in [1.82, 2.24) is 24.0 Å². The van der Waals surface area contributed by atoms with Crippen LogP contribution in [0.3, 0.4) is 0 Å². The van der Waals surface area contributed by atoms with Crippen molar-refractivity contribution in [2.75, 3.05) is 32.8 Å². The number of imidazole rings is 1. The minimum atomic E-state index is 0.0188. The summed E-state index contributed by atoms with van der Waals surface area (Å²) in [4.78, 5) is 24.5. The fourth-order valence-electron chi connectivity index (χ4n) is 4.76. The molecular formula is C28H26ClN5O3. The zero-order chi connectivity index (χ0) is 25.2. The third-order valence-corrected chi connectivity index (χ3v) is 6.92. The summed E-state index contributed by atoms with van der Waals surface area (Å²) in [5.74, 6) is 1.38. The monoisotopic (exact) mass is 515 g/mol. The van der Waals surface area contributed by atoms with Gasteiger partial charge in [-0.25, -0.2) is 4.98 Å². The van der Waals surface area contributed by atoms with Crippen LogP contribution in [0.4, 0.5) is 0 Å². The number of carbonyl (C=O) groups excluding carboxylic acids is 1. The lowest BCUT2D eigenvalue weighted by Crippen LogP contribution is -2.38. The van der Waals surface area contributed by atoms with Crippen molar-refractivity contribution in [3.63, 3.8) is 0 Å². The summed E-state index contributed by atoms with van der Waals surface area (Å²) in [6, 6.07) is 15.1. The normalized spacial score (nSPS) is 14.4. The molecule has 1 fully saturated rings. The number of rotatable bonds is 8. The number of benzene rings is 2. The Morgan fingerprint density at radius 1 is 1.00 bits per heavy atom. The first-order valence-corrected chi connectivity index (χ1v) is 12.7. The summed E-state index contributed by atoms with van der Waals surface area (Å²) in [6.45, 7) is 5.16. The van der Waals surface area contributed by atoms with Gasteiger partial charge in [-0.3, -0.25) is 14.7 Å². The second-order valence-electron chi connectivity index (χ2n) is 9.09. The lowest BCUT2D eigenvalue weighted by atomic mass is 10.1. The Bertz CT molecular complexity index is 1560. The number of pyridine rings is 1. The van der Waals surface area contributed by atoms with Gasteiger partial charge < -0.3 is 18.6 Å². The Morgan fingerprint density at radius 2 is 1.89 bits per heavy atom. The molecule has 0 N–H and O–H groups in total. The predicted molar refractivity (Wildman–Crippen MR) is 143 cm³/mol. The van der Waals surface area contributed by atoms with E-state index in [1.165, 1.54) is 0 Å². The standard InChI is InChI=1S/C28H26ClN5O3/c29-20-3-6-26-25(14-20)31-19-34(26)18-28(35)24-17-33(9-8-32-10-12-36-13-11-32)27-15-21(4-5-23(24)27)37-22-2-1-7-30-16-22/h1-7,14-17,19H,8-13,18H2. The number of hydrogen-bond donors (Lipinski definition) is 0. The number of ether oxygens (including phenoxy) is 2. The number of Topliss-reactive ketones (excluding diaryl/α,β-unsaturated/α-hetero) is 1. The highest BCUT2D eigenvalue weighted by molar-refractivity contribution is 6.31. The van der Waals surface area contributed by atoms with Gasteiger partial charge in [-0.05, 0) is 42.5 Å². The SMILES string of the molecule is O=C(Cn1cnc2cc(Cl)ccc21)c1cn(CCN2CCOCC2)c2cc(Oc3cccnc3)ccc12. The average molecular weight is 516 g/mol. The zero-order valence-corrected chi connectivity index (χ0v) is 21.0. The largest absolute Gasteiger partial charge is 0.456 e. The van der Waals surface area contributed by atoms with Gasteiger partial charge in [0.1, 0.15) is 11.5 Å². The molecule has 0 atom stereocenters. The van der Waals surface area contributed by atoms with Crippen LogP contribution in [0.15, 0.2) is 73.4 Å².